The number of cyclic esters (lactones) is 1. The Morgan fingerprint density at radius 1 is 0.978 bits per heavy atom. The third-order valence-corrected chi connectivity index (χ3v) is 8.96. The van der Waals surface area contributed by atoms with Gasteiger partial charge in [-0.25, -0.2) is 4.79 Å². The summed E-state index contributed by atoms with van der Waals surface area (Å²) in [4.78, 5) is 26.2. The molecule has 1 saturated heterocycles. The number of furan rings is 1. The lowest BCUT2D eigenvalue weighted by Gasteiger charge is -2.28. The normalized spacial score (nSPS) is 16.1. The molecular weight excluding hydrogens is 560 g/mol. The van der Waals surface area contributed by atoms with Gasteiger partial charge in [0.2, 0.25) is 0 Å². The third-order valence-electron chi connectivity index (χ3n) is 8.96. The lowest BCUT2D eigenvalue weighted by atomic mass is 9.78. The number of ether oxygens (including phenoxy) is 2. The van der Waals surface area contributed by atoms with Crippen molar-refractivity contribution in [3.05, 3.63) is 82.6 Å². The number of allylic oxidation sites excluding steroid dienone is 1. The SMILES string of the molecule is CCC(CC)(Cc1cc2cc(C#Cc3ccc(C)cc3)ccc2o1)C(=O)OCC1C/C(=C\CC(CC(C)C)CC(C)C)C(=O)O1. The van der Waals surface area contributed by atoms with Crippen molar-refractivity contribution in [2.24, 2.45) is 23.2 Å². The Hall–Kier alpha value is -3.78. The van der Waals surface area contributed by atoms with Gasteiger partial charge in [-0.1, -0.05) is 77.2 Å². The van der Waals surface area contributed by atoms with E-state index in [-0.39, 0.29) is 18.5 Å². The summed E-state index contributed by atoms with van der Waals surface area (Å²) < 4.78 is 17.6. The fraction of sp³-hybridized carbons (Fsp3) is 0.500. The van der Waals surface area contributed by atoms with E-state index in [0.29, 0.717) is 49.0 Å². The Morgan fingerprint density at radius 3 is 2.27 bits per heavy atom. The summed E-state index contributed by atoms with van der Waals surface area (Å²) >= 11 is 0. The van der Waals surface area contributed by atoms with Crippen molar-refractivity contribution >= 4 is 22.9 Å². The molecular formula is C40H50O5. The van der Waals surface area contributed by atoms with Crippen LogP contribution in [-0.4, -0.2) is 24.6 Å². The summed E-state index contributed by atoms with van der Waals surface area (Å²) in [5.41, 5.74) is 3.82. The van der Waals surface area contributed by atoms with Crippen molar-refractivity contribution < 1.29 is 23.5 Å². The molecule has 2 heterocycles. The van der Waals surface area contributed by atoms with Crippen LogP contribution >= 0.6 is 0 Å². The minimum Gasteiger partial charge on any atom is -0.461 e. The zero-order chi connectivity index (χ0) is 32.6. The highest BCUT2D eigenvalue weighted by Crippen LogP contribution is 2.35. The molecule has 0 saturated carbocycles. The summed E-state index contributed by atoms with van der Waals surface area (Å²) in [6.45, 7) is 15.1. The molecule has 3 aromatic rings. The molecule has 2 aromatic carbocycles. The summed E-state index contributed by atoms with van der Waals surface area (Å²) in [7, 11) is 0. The number of esters is 2. The Morgan fingerprint density at radius 2 is 1.62 bits per heavy atom. The van der Waals surface area contributed by atoms with Gasteiger partial charge < -0.3 is 13.9 Å². The van der Waals surface area contributed by atoms with Crippen LogP contribution in [0.5, 0.6) is 0 Å². The Bertz CT molecular complexity index is 1530. The first-order valence-electron chi connectivity index (χ1n) is 16.7. The summed E-state index contributed by atoms with van der Waals surface area (Å²) in [6.07, 6.45) is 6.89. The van der Waals surface area contributed by atoms with Gasteiger partial charge in [-0.2, -0.15) is 0 Å². The highest BCUT2D eigenvalue weighted by atomic mass is 16.6. The number of carbonyl (C=O) groups excluding carboxylic acids is 2. The molecule has 0 radical (unpaired) electrons. The minimum atomic E-state index is -0.732. The van der Waals surface area contributed by atoms with E-state index in [0.717, 1.165) is 47.1 Å². The van der Waals surface area contributed by atoms with E-state index in [2.05, 4.69) is 64.7 Å². The quantitative estimate of drug-likeness (QED) is 0.110. The number of carbonyl (C=O) groups is 2. The van der Waals surface area contributed by atoms with Crippen molar-refractivity contribution in [3.8, 4) is 11.8 Å². The van der Waals surface area contributed by atoms with Crippen LogP contribution in [0, 0.1) is 41.9 Å². The van der Waals surface area contributed by atoms with Gasteiger partial charge in [-0.05, 0) is 93.2 Å². The highest BCUT2D eigenvalue weighted by molar-refractivity contribution is 5.90. The Balaban J connectivity index is 1.38. The minimum absolute atomic E-state index is 0.0637. The van der Waals surface area contributed by atoms with Crippen molar-refractivity contribution in [2.45, 2.75) is 99.5 Å². The fourth-order valence-electron chi connectivity index (χ4n) is 6.35. The van der Waals surface area contributed by atoms with Crippen LogP contribution in [0.2, 0.25) is 0 Å². The fourth-order valence-corrected chi connectivity index (χ4v) is 6.35. The maximum Gasteiger partial charge on any atom is 0.334 e. The second-order valence-electron chi connectivity index (χ2n) is 13.7. The Kier molecular flexibility index (Phi) is 11.7. The van der Waals surface area contributed by atoms with Gasteiger partial charge in [-0.3, -0.25) is 4.79 Å². The van der Waals surface area contributed by atoms with Gasteiger partial charge in [0.25, 0.3) is 0 Å². The van der Waals surface area contributed by atoms with Crippen LogP contribution in [0.15, 0.2) is 64.6 Å². The van der Waals surface area contributed by atoms with E-state index < -0.39 is 11.5 Å². The van der Waals surface area contributed by atoms with Gasteiger partial charge in [-0.15, -0.1) is 0 Å². The molecule has 45 heavy (non-hydrogen) atoms. The maximum absolute atomic E-state index is 13.5. The van der Waals surface area contributed by atoms with Gasteiger partial charge in [0.15, 0.2) is 0 Å². The first-order chi connectivity index (χ1) is 21.5. The third kappa shape index (κ3) is 9.36. The lowest BCUT2D eigenvalue weighted by molar-refractivity contribution is -0.162. The van der Waals surface area contributed by atoms with E-state index >= 15 is 0 Å². The average Bonchev–Trinajstić information content (AvgIpc) is 3.57. The summed E-state index contributed by atoms with van der Waals surface area (Å²) in [5, 5.41) is 0.955. The average molecular weight is 611 g/mol. The van der Waals surface area contributed by atoms with E-state index in [1.807, 2.05) is 50.2 Å². The monoisotopic (exact) mass is 610 g/mol. The second-order valence-corrected chi connectivity index (χ2v) is 13.7. The van der Waals surface area contributed by atoms with Crippen LogP contribution < -0.4 is 0 Å². The van der Waals surface area contributed by atoms with Crippen molar-refractivity contribution in [2.75, 3.05) is 6.61 Å². The maximum atomic E-state index is 13.5. The number of aryl methyl sites for hydroxylation is 1. The molecule has 5 heteroatoms. The largest absolute Gasteiger partial charge is 0.461 e. The molecule has 1 aliphatic heterocycles. The van der Waals surface area contributed by atoms with Crippen molar-refractivity contribution in [1.82, 2.24) is 0 Å². The van der Waals surface area contributed by atoms with Gasteiger partial charge in [0.1, 0.15) is 24.1 Å². The topological polar surface area (TPSA) is 65.7 Å². The summed E-state index contributed by atoms with van der Waals surface area (Å²) in [6, 6.07) is 16.1. The van der Waals surface area contributed by atoms with Crippen LogP contribution in [0.3, 0.4) is 0 Å². The van der Waals surface area contributed by atoms with Crippen LogP contribution in [0.25, 0.3) is 11.0 Å². The van der Waals surface area contributed by atoms with Crippen LogP contribution in [-0.2, 0) is 25.5 Å². The predicted molar refractivity (Wildman–Crippen MR) is 181 cm³/mol. The van der Waals surface area contributed by atoms with E-state index in [1.165, 1.54) is 5.56 Å². The molecule has 0 aliphatic carbocycles. The van der Waals surface area contributed by atoms with E-state index in [4.69, 9.17) is 13.9 Å². The number of rotatable bonds is 13. The highest BCUT2D eigenvalue weighted by Gasteiger charge is 2.39. The van der Waals surface area contributed by atoms with Crippen LogP contribution in [0.4, 0.5) is 0 Å². The molecule has 1 aromatic heterocycles. The molecule has 0 N–H and O–H groups in total. The molecule has 0 amide bonds. The Labute approximate surface area is 269 Å². The molecule has 0 spiro atoms. The molecule has 5 nitrogen and oxygen atoms in total. The number of benzene rings is 2. The van der Waals surface area contributed by atoms with Gasteiger partial charge in [0, 0.05) is 34.9 Å². The number of hydrogen-bond donors (Lipinski definition) is 0. The molecule has 1 atom stereocenters. The number of fused-ring (bicyclic) bond motifs is 1. The first-order valence-corrected chi connectivity index (χ1v) is 16.7. The van der Waals surface area contributed by atoms with Crippen LogP contribution in [0.1, 0.15) is 103 Å². The molecule has 1 unspecified atom stereocenters. The zero-order valence-corrected chi connectivity index (χ0v) is 28.2. The number of hydrogen-bond acceptors (Lipinski definition) is 5. The molecule has 1 aliphatic rings. The van der Waals surface area contributed by atoms with Gasteiger partial charge >= 0.3 is 11.9 Å². The van der Waals surface area contributed by atoms with Crippen molar-refractivity contribution in [1.29, 1.82) is 0 Å². The molecule has 1 fully saturated rings. The van der Waals surface area contributed by atoms with E-state index in [1.54, 1.807) is 0 Å². The molecule has 4 rings (SSSR count). The zero-order valence-electron chi connectivity index (χ0n) is 28.2. The molecule has 240 valence electrons. The standard InChI is InChI=1S/C40H50O5/c1-8-40(9-2,25-35-24-34-22-31(17-19-37(34)44-35)15-14-30-12-10-29(7)11-13-30)39(42)43-26-36-23-33(38(41)45-36)18-16-32(20-27(3)4)21-28(5)6/h10-13,17-19,22,24,27-28,32,36H,8-9,16,20-21,23,25-26H2,1-7H3/b33-18+. The second kappa shape index (κ2) is 15.5. The molecule has 0 bridgehead atoms. The predicted octanol–water partition coefficient (Wildman–Crippen LogP) is 9.37. The first kappa shape index (κ1) is 34.1. The summed E-state index contributed by atoms with van der Waals surface area (Å²) in [5.74, 6) is 8.43. The van der Waals surface area contributed by atoms with E-state index in [9.17, 15) is 9.59 Å². The lowest BCUT2D eigenvalue weighted by Crippen LogP contribution is -2.35. The van der Waals surface area contributed by atoms with Crippen molar-refractivity contribution in [3.63, 3.8) is 0 Å². The van der Waals surface area contributed by atoms with Gasteiger partial charge in [0.05, 0.1) is 5.41 Å². The smallest absolute Gasteiger partial charge is 0.334 e.